The minimum absolute atomic E-state index is 0.0117. The molecule has 2 aromatic carbocycles. The number of benzene rings is 2. The number of alkyl halides is 3. The van der Waals surface area contributed by atoms with Gasteiger partial charge in [-0.3, -0.25) is 34.6 Å². The van der Waals surface area contributed by atoms with Gasteiger partial charge in [0, 0.05) is 79.3 Å². The fraction of sp³-hybridized carbons (Fsp3) is 0.562. The third-order valence-electron chi connectivity index (χ3n) is 15.7. The first-order valence-electron chi connectivity index (χ1n) is 22.6. The summed E-state index contributed by atoms with van der Waals surface area (Å²) in [6.45, 7) is 6.03. The van der Waals surface area contributed by atoms with Crippen LogP contribution in [0.1, 0.15) is 100 Å². The number of ether oxygens (including phenoxy) is 2. The Bertz CT molecular complexity index is 2330. The zero-order valence-electron chi connectivity index (χ0n) is 35.0. The first-order valence-corrected chi connectivity index (χ1v) is 22.6. The molecular weight excluding hydrogens is 798 g/mol. The highest BCUT2D eigenvalue weighted by atomic mass is 19.4. The first-order chi connectivity index (χ1) is 29.9. The molecule has 7 aliphatic heterocycles. The van der Waals surface area contributed by atoms with Crippen molar-refractivity contribution in [1.82, 2.24) is 20.1 Å². The summed E-state index contributed by atoms with van der Waals surface area (Å²) in [6.07, 6.45) is 6.82. The van der Waals surface area contributed by atoms with Crippen LogP contribution in [0.25, 0.3) is 0 Å². The predicted octanol–water partition coefficient (Wildman–Crippen LogP) is 5.78. The summed E-state index contributed by atoms with van der Waals surface area (Å²) < 4.78 is 54.6. The molecule has 326 valence electrons. The van der Waals surface area contributed by atoms with Crippen molar-refractivity contribution in [3.63, 3.8) is 0 Å². The molecule has 3 unspecified atom stereocenters. The van der Waals surface area contributed by atoms with Crippen LogP contribution in [0.5, 0.6) is 5.75 Å². The lowest BCUT2D eigenvalue weighted by atomic mass is 9.73. The van der Waals surface area contributed by atoms with E-state index in [1.165, 1.54) is 16.0 Å². The Balaban J connectivity index is 0.698. The van der Waals surface area contributed by atoms with Gasteiger partial charge in [0.1, 0.15) is 5.75 Å². The van der Waals surface area contributed by atoms with Gasteiger partial charge in [-0.1, -0.05) is 24.3 Å². The molecule has 1 aromatic heterocycles. The molecule has 1 aliphatic carbocycles. The molecule has 2 amide bonds. The molecule has 11 nitrogen and oxygen atoms in total. The number of likely N-dealkylation sites (tertiary alicyclic amines) is 1. The van der Waals surface area contributed by atoms with Crippen molar-refractivity contribution >= 4 is 29.5 Å². The Morgan fingerprint density at radius 3 is 2.50 bits per heavy atom. The summed E-state index contributed by atoms with van der Waals surface area (Å²) in [5, 5.41) is 2.43. The van der Waals surface area contributed by atoms with E-state index in [0.717, 1.165) is 118 Å². The van der Waals surface area contributed by atoms with Crippen LogP contribution in [-0.4, -0.2) is 116 Å². The van der Waals surface area contributed by atoms with Crippen LogP contribution in [-0.2, 0) is 39.0 Å². The Hall–Kier alpha value is -4.66. The highest BCUT2D eigenvalue weighted by Gasteiger charge is 2.50. The van der Waals surface area contributed by atoms with Crippen LogP contribution in [0.4, 0.5) is 18.9 Å². The van der Waals surface area contributed by atoms with E-state index in [2.05, 4.69) is 32.2 Å². The molecule has 11 rings (SSSR count). The molecule has 0 bridgehead atoms. The topological polar surface area (TPSA) is 117 Å². The Kier molecular flexibility index (Phi) is 9.88. The SMILES string of the molecule is O=C1CCC(C2Cc3c(ccc4c3OCC43CCN(CC4COC5(CCN(c6ccc([C@@H]7c8ccc9c(c8CCN7CC(F)(F)F)C=NCC9)nc6)CC5)C4)CC3)C2=O)C(=O)N1. The molecule has 4 saturated heterocycles. The zero-order valence-corrected chi connectivity index (χ0v) is 35.0. The van der Waals surface area contributed by atoms with Crippen LogP contribution in [0.15, 0.2) is 47.6 Å². The van der Waals surface area contributed by atoms with Gasteiger partial charge in [0.25, 0.3) is 0 Å². The minimum atomic E-state index is -4.31. The summed E-state index contributed by atoms with van der Waals surface area (Å²) in [5.41, 5.74) is 8.48. The van der Waals surface area contributed by atoms with E-state index < -0.39 is 30.6 Å². The zero-order chi connectivity index (χ0) is 42.4. The fourth-order valence-corrected chi connectivity index (χ4v) is 12.4. The van der Waals surface area contributed by atoms with Crippen molar-refractivity contribution in [2.24, 2.45) is 22.7 Å². The number of carbonyl (C=O) groups excluding carboxylic acids is 3. The molecule has 8 aliphatic rings. The second-order valence-corrected chi connectivity index (χ2v) is 19.3. The third kappa shape index (κ3) is 7.04. The highest BCUT2D eigenvalue weighted by Crippen LogP contribution is 2.51. The lowest BCUT2D eigenvalue weighted by Gasteiger charge is -2.41. The maximum Gasteiger partial charge on any atom is 0.401 e. The minimum Gasteiger partial charge on any atom is -0.492 e. The lowest BCUT2D eigenvalue weighted by Crippen LogP contribution is -2.46. The number of ketones is 1. The average molecular weight is 851 g/mol. The number of anilines is 1. The summed E-state index contributed by atoms with van der Waals surface area (Å²) in [5.74, 6) is -0.246. The number of pyridine rings is 1. The number of fused-ring (bicyclic) bond motifs is 7. The number of carbonyl (C=O) groups is 3. The van der Waals surface area contributed by atoms with Gasteiger partial charge in [0.05, 0.1) is 49.0 Å². The second-order valence-electron chi connectivity index (χ2n) is 19.3. The van der Waals surface area contributed by atoms with Crippen LogP contribution in [0, 0.1) is 17.8 Å². The van der Waals surface area contributed by atoms with Crippen LogP contribution in [0.2, 0.25) is 0 Å². The predicted molar refractivity (Wildman–Crippen MR) is 225 cm³/mol. The molecule has 8 heterocycles. The number of amides is 2. The van der Waals surface area contributed by atoms with Crippen molar-refractivity contribution in [2.75, 3.05) is 70.5 Å². The van der Waals surface area contributed by atoms with Crippen molar-refractivity contribution < 1.29 is 37.0 Å². The van der Waals surface area contributed by atoms with Crippen LogP contribution in [0.3, 0.4) is 0 Å². The van der Waals surface area contributed by atoms with E-state index in [1.807, 2.05) is 36.7 Å². The lowest BCUT2D eigenvalue weighted by molar-refractivity contribution is -0.150. The van der Waals surface area contributed by atoms with Gasteiger partial charge in [-0.05, 0) is 111 Å². The van der Waals surface area contributed by atoms with E-state index in [0.29, 0.717) is 49.6 Å². The number of hydrogen-bond acceptors (Lipinski definition) is 10. The number of imide groups is 1. The fourth-order valence-electron chi connectivity index (χ4n) is 12.4. The van der Waals surface area contributed by atoms with Gasteiger partial charge in [-0.15, -0.1) is 0 Å². The van der Waals surface area contributed by atoms with E-state index in [9.17, 15) is 27.6 Å². The standard InChI is InChI=1S/C48H53F3N6O5/c49-48(50,51)27-57-16-10-32-33(3-1-30-9-15-52-24-38(30)32)42(57)40-7-2-31(23-53-40)56-19-13-47(14-20-56)22-29(26-62-47)25-55-17-11-46(12-18-55)28-61-44-37-21-36(35-5-8-41(58)54-45(35)60)43(59)34(37)4-6-39(44)46/h1-4,6-7,23-24,29,35-36,42H,5,8-22,25-28H2,(H,54,58,60)/t29?,35?,36?,42-/m0/s1. The quantitative estimate of drug-likeness (QED) is 0.309. The van der Waals surface area contributed by atoms with E-state index in [1.54, 1.807) is 0 Å². The number of Topliss-reactive ketones (excluding diaryl/α,β-unsaturated/α-hetero) is 1. The molecule has 3 aromatic rings. The van der Waals surface area contributed by atoms with Crippen molar-refractivity contribution in [3.05, 3.63) is 87.2 Å². The van der Waals surface area contributed by atoms with Crippen molar-refractivity contribution in [2.45, 2.75) is 87.4 Å². The molecule has 0 radical (unpaired) electrons. The molecule has 62 heavy (non-hydrogen) atoms. The van der Waals surface area contributed by atoms with Gasteiger partial charge in [0.15, 0.2) is 5.78 Å². The molecule has 2 spiro atoms. The van der Waals surface area contributed by atoms with Crippen molar-refractivity contribution in [1.29, 1.82) is 0 Å². The van der Waals surface area contributed by atoms with E-state index >= 15 is 0 Å². The van der Waals surface area contributed by atoms with Gasteiger partial charge in [-0.2, -0.15) is 13.2 Å². The van der Waals surface area contributed by atoms with Gasteiger partial charge in [0.2, 0.25) is 11.8 Å². The normalized spacial score (nSPS) is 27.9. The Morgan fingerprint density at radius 1 is 0.887 bits per heavy atom. The summed E-state index contributed by atoms with van der Waals surface area (Å²) in [7, 11) is 0. The first kappa shape index (κ1) is 40.1. The number of nitrogens with one attached hydrogen (secondary N) is 1. The Morgan fingerprint density at radius 2 is 1.73 bits per heavy atom. The average Bonchev–Trinajstić information content (AvgIpc) is 3.94. The number of aromatic nitrogens is 1. The Labute approximate surface area is 359 Å². The number of rotatable bonds is 6. The second kappa shape index (κ2) is 15.3. The molecule has 4 atom stereocenters. The molecular formula is C48H53F3N6O5. The summed E-state index contributed by atoms with van der Waals surface area (Å²) in [4.78, 5) is 53.7. The van der Waals surface area contributed by atoms with Crippen LogP contribution < -0.4 is 15.0 Å². The number of hydrogen-bond donors (Lipinski definition) is 1. The molecule has 4 fully saturated rings. The maximum atomic E-state index is 13.8. The van der Waals surface area contributed by atoms with E-state index in [4.69, 9.17) is 14.5 Å². The van der Waals surface area contributed by atoms with Crippen molar-refractivity contribution in [3.8, 4) is 5.75 Å². The van der Waals surface area contributed by atoms with Gasteiger partial charge >= 0.3 is 6.18 Å². The summed E-state index contributed by atoms with van der Waals surface area (Å²) in [6, 6.07) is 11.5. The number of piperidine rings is 3. The van der Waals surface area contributed by atoms with E-state index in [-0.39, 0.29) is 35.0 Å². The third-order valence-corrected chi connectivity index (χ3v) is 15.7. The number of nitrogens with zero attached hydrogens (tertiary/aromatic N) is 5. The smallest absolute Gasteiger partial charge is 0.401 e. The molecule has 14 heteroatoms. The highest BCUT2D eigenvalue weighted by molar-refractivity contribution is 6.07. The monoisotopic (exact) mass is 850 g/mol. The largest absolute Gasteiger partial charge is 0.492 e. The summed E-state index contributed by atoms with van der Waals surface area (Å²) >= 11 is 0. The van der Waals surface area contributed by atoms with Gasteiger partial charge in [-0.25, -0.2) is 0 Å². The van der Waals surface area contributed by atoms with Crippen LogP contribution >= 0.6 is 0 Å². The molecule has 1 N–H and O–H groups in total. The maximum absolute atomic E-state index is 13.8. The van der Waals surface area contributed by atoms with Gasteiger partial charge < -0.3 is 19.3 Å². The number of aliphatic imine (C=N–C) groups is 1. The number of halogens is 3. The molecule has 0 saturated carbocycles.